The molecule has 126 valence electrons. The first-order chi connectivity index (χ1) is 11.7. The van der Waals surface area contributed by atoms with E-state index in [1.54, 1.807) is 0 Å². The van der Waals surface area contributed by atoms with E-state index in [1.165, 1.54) is 35.4 Å². The minimum absolute atomic E-state index is 0.602. The van der Waals surface area contributed by atoms with Gasteiger partial charge >= 0.3 is 0 Å². The number of thiazole rings is 1. The van der Waals surface area contributed by atoms with Crippen molar-refractivity contribution in [2.24, 2.45) is 10.7 Å². The molecule has 1 saturated carbocycles. The first kappa shape index (κ1) is 15.6. The molecule has 4 rings (SSSR count). The number of hydrogen-bond donors (Lipinski definition) is 1. The van der Waals surface area contributed by atoms with E-state index in [-0.39, 0.29) is 0 Å². The number of aryl methyl sites for hydroxylation is 1. The van der Waals surface area contributed by atoms with Gasteiger partial charge in [-0.05, 0) is 43.6 Å². The number of aliphatic imine (C=N–C) groups is 1. The van der Waals surface area contributed by atoms with Gasteiger partial charge in [0.1, 0.15) is 5.01 Å². The van der Waals surface area contributed by atoms with Gasteiger partial charge in [-0.15, -0.1) is 11.3 Å². The van der Waals surface area contributed by atoms with E-state index in [0.29, 0.717) is 24.5 Å². The molecule has 24 heavy (non-hydrogen) atoms. The summed E-state index contributed by atoms with van der Waals surface area (Å²) in [6.07, 6.45) is 5.85. The van der Waals surface area contributed by atoms with Crippen molar-refractivity contribution in [3.05, 3.63) is 51.5 Å². The first-order valence-electron chi connectivity index (χ1n) is 8.76. The highest BCUT2D eigenvalue weighted by molar-refractivity contribution is 7.11. The second-order valence-electron chi connectivity index (χ2n) is 6.84. The van der Waals surface area contributed by atoms with Crippen LogP contribution in [0.4, 0.5) is 0 Å². The van der Waals surface area contributed by atoms with E-state index in [1.807, 2.05) is 18.4 Å². The molecule has 5 heteroatoms. The van der Waals surface area contributed by atoms with Crippen LogP contribution in [-0.2, 0) is 19.4 Å². The van der Waals surface area contributed by atoms with Crippen LogP contribution in [0.15, 0.2) is 35.3 Å². The van der Waals surface area contributed by atoms with Gasteiger partial charge in [0.25, 0.3) is 0 Å². The lowest BCUT2D eigenvalue weighted by Gasteiger charge is -2.21. The monoisotopic (exact) mass is 340 g/mol. The molecule has 1 aromatic heterocycles. The third-order valence-electron chi connectivity index (χ3n) is 5.09. The molecule has 0 aliphatic heterocycles. The van der Waals surface area contributed by atoms with E-state index in [0.717, 1.165) is 17.8 Å². The minimum atomic E-state index is 0.602. The van der Waals surface area contributed by atoms with Crippen LogP contribution in [0.2, 0.25) is 0 Å². The molecule has 2 aliphatic carbocycles. The Morgan fingerprint density at radius 1 is 1.29 bits per heavy atom. The van der Waals surface area contributed by atoms with Crippen molar-refractivity contribution in [1.82, 2.24) is 9.88 Å². The van der Waals surface area contributed by atoms with Crippen molar-refractivity contribution in [2.75, 3.05) is 7.05 Å². The van der Waals surface area contributed by atoms with Gasteiger partial charge in [-0.25, -0.2) is 9.98 Å². The van der Waals surface area contributed by atoms with Crippen molar-refractivity contribution in [3.8, 4) is 0 Å². The summed E-state index contributed by atoms with van der Waals surface area (Å²) in [5, 5.41) is 1.10. The van der Waals surface area contributed by atoms with Crippen LogP contribution < -0.4 is 5.73 Å². The SMILES string of the molecule is CN(C(N)=NCc1nc2c(s1)CC(c1ccccc1)CC2)C1CC1. The Morgan fingerprint density at radius 3 is 2.83 bits per heavy atom. The molecular formula is C19H24N4S. The van der Waals surface area contributed by atoms with E-state index >= 15 is 0 Å². The number of nitrogens with zero attached hydrogens (tertiary/aromatic N) is 3. The predicted octanol–water partition coefficient (Wildman–Crippen LogP) is 3.32. The van der Waals surface area contributed by atoms with Crippen LogP contribution in [0.3, 0.4) is 0 Å². The van der Waals surface area contributed by atoms with Crippen molar-refractivity contribution < 1.29 is 0 Å². The Hall–Kier alpha value is -1.88. The molecular weight excluding hydrogens is 316 g/mol. The third-order valence-corrected chi connectivity index (χ3v) is 6.19. The molecule has 2 aromatic rings. The summed E-state index contributed by atoms with van der Waals surface area (Å²) in [5.41, 5.74) is 8.81. The molecule has 1 unspecified atom stereocenters. The van der Waals surface area contributed by atoms with Gasteiger partial charge in [0.2, 0.25) is 0 Å². The average Bonchev–Trinajstić information content (AvgIpc) is 3.39. The zero-order valence-electron chi connectivity index (χ0n) is 14.1. The number of benzene rings is 1. The van der Waals surface area contributed by atoms with Crippen LogP contribution in [0.1, 0.15) is 46.3 Å². The van der Waals surface area contributed by atoms with E-state index < -0.39 is 0 Å². The van der Waals surface area contributed by atoms with E-state index in [4.69, 9.17) is 10.7 Å². The summed E-state index contributed by atoms with van der Waals surface area (Å²) in [5.74, 6) is 1.27. The lowest BCUT2D eigenvalue weighted by atomic mass is 9.85. The molecule has 0 bridgehead atoms. The van der Waals surface area contributed by atoms with E-state index in [2.05, 4.69) is 40.2 Å². The maximum absolute atomic E-state index is 6.08. The fourth-order valence-corrected chi connectivity index (χ4v) is 4.53. The fraction of sp³-hybridized carbons (Fsp3) is 0.474. The Bertz CT molecular complexity index is 733. The zero-order chi connectivity index (χ0) is 16.5. The molecule has 0 amide bonds. The number of nitrogens with two attached hydrogens (primary N) is 1. The lowest BCUT2D eigenvalue weighted by Crippen LogP contribution is -2.35. The molecule has 1 atom stereocenters. The number of fused-ring (bicyclic) bond motifs is 1. The number of aromatic nitrogens is 1. The van der Waals surface area contributed by atoms with Crippen molar-refractivity contribution in [1.29, 1.82) is 0 Å². The molecule has 0 spiro atoms. The predicted molar refractivity (Wildman–Crippen MR) is 99.4 cm³/mol. The molecule has 4 nitrogen and oxygen atoms in total. The van der Waals surface area contributed by atoms with Crippen LogP contribution in [0.5, 0.6) is 0 Å². The summed E-state index contributed by atoms with van der Waals surface area (Å²) < 4.78 is 0. The molecule has 1 aromatic carbocycles. The average molecular weight is 340 g/mol. The van der Waals surface area contributed by atoms with Crippen molar-refractivity contribution >= 4 is 17.3 Å². The summed E-state index contributed by atoms with van der Waals surface area (Å²) in [4.78, 5) is 12.9. The Kier molecular flexibility index (Phi) is 4.27. The van der Waals surface area contributed by atoms with Crippen LogP contribution >= 0.6 is 11.3 Å². The summed E-state index contributed by atoms with van der Waals surface area (Å²) in [6, 6.07) is 11.5. The highest BCUT2D eigenvalue weighted by Crippen LogP contribution is 2.35. The Morgan fingerprint density at radius 2 is 2.08 bits per heavy atom. The maximum atomic E-state index is 6.08. The Labute approximate surface area is 147 Å². The highest BCUT2D eigenvalue weighted by atomic mass is 32.1. The van der Waals surface area contributed by atoms with Gasteiger partial charge in [0.15, 0.2) is 5.96 Å². The number of rotatable bonds is 4. The van der Waals surface area contributed by atoms with Gasteiger partial charge in [0, 0.05) is 18.0 Å². The standard InChI is InChI=1S/C19H24N4S/c1-23(15-8-9-15)19(20)21-12-18-22-16-10-7-14(11-17(16)24-18)13-5-3-2-4-6-13/h2-6,14-15H,7-12H2,1H3,(H2,20,21). The zero-order valence-corrected chi connectivity index (χ0v) is 14.9. The maximum Gasteiger partial charge on any atom is 0.191 e. The normalized spacial score (nSPS) is 20.7. The molecule has 2 aliphatic rings. The lowest BCUT2D eigenvalue weighted by molar-refractivity contribution is 0.487. The first-order valence-corrected chi connectivity index (χ1v) is 9.57. The van der Waals surface area contributed by atoms with Crippen LogP contribution in [-0.4, -0.2) is 28.9 Å². The van der Waals surface area contributed by atoms with Gasteiger partial charge < -0.3 is 10.6 Å². The van der Waals surface area contributed by atoms with Crippen LogP contribution in [0.25, 0.3) is 0 Å². The van der Waals surface area contributed by atoms with Gasteiger partial charge in [-0.1, -0.05) is 30.3 Å². The molecule has 0 radical (unpaired) electrons. The van der Waals surface area contributed by atoms with Crippen molar-refractivity contribution in [3.63, 3.8) is 0 Å². The summed E-state index contributed by atoms with van der Waals surface area (Å²) in [7, 11) is 2.04. The number of hydrogen-bond acceptors (Lipinski definition) is 3. The quantitative estimate of drug-likeness (QED) is 0.686. The largest absolute Gasteiger partial charge is 0.370 e. The molecule has 1 heterocycles. The third kappa shape index (κ3) is 3.31. The van der Waals surface area contributed by atoms with E-state index in [9.17, 15) is 0 Å². The topological polar surface area (TPSA) is 54.5 Å². The second kappa shape index (κ2) is 6.55. The molecule has 0 saturated heterocycles. The fourth-order valence-electron chi connectivity index (χ4n) is 3.41. The van der Waals surface area contributed by atoms with Gasteiger partial charge in [0.05, 0.1) is 12.2 Å². The smallest absolute Gasteiger partial charge is 0.191 e. The Balaban J connectivity index is 1.43. The summed E-state index contributed by atoms with van der Waals surface area (Å²) in [6.45, 7) is 0.608. The highest BCUT2D eigenvalue weighted by Gasteiger charge is 2.27. The minimum Gasteiger partial charge on any atom is -0.370 e. The second-order valence-corrected chi connectivity index (χ2v) is 8.01. The van der Waals surface area contributed by atoms with Crippen LogP contribution in [0, 0.1) is 0 Å². The molecule has 2 N–H and O–H groups in total. The van der Waals surface area contributed by atoms with Gasteiger partial charge in [-0.2, -0.15) is 0 Å². The van der Waals surface area contributed by atoms with Crippen molar-refractivity contribution in [2.45, 2.75) is 50.6 Å². The summed E-state index contributed by atoms with van der Waals surface area (Å²) >= 11 is 1.82. The molecule has 1 fully saturated rings. The van der Waals surface area contributed by atoms with Gasteiger partial charge in [-0.3, -0.25) is 0 Å². The number of guanidine groups is 1.